The van der Waals surface area contributed by atoms with Crippen molar-refractivity contribution in [2.45, 2.75) is 0 Å². The summed E-state index contributed by atoms with van der Waals surface area (Å²) in [5.74, 6) is 0. The average Bonchev–Trinajstić information content (AvgIpc) is 0.725. The largest absolute Gasteiger partial charge is 0.0616 e. The summed E-state index contributed by atoms with van der Waals surface area (Å²) in [5.41, 5.74) is 20.0. The van der Waals surface area contributed by atoms with Crippen LogP contribution in [0, 0.1) is 0 Å². The van der Waals surface area contributed by atoms with E-state index in [0.29, 0.717) is 0 Å². The van der Waals surface area contributed by atoms with Gasteiger partial charge in [0.15, 0.2) is 0 Å². The Labute approximate surface area is 626 Å². The minimum atomic E-state index is 1.22. The van der Waals surface area contributed by atoms with Gasteiger partial charge in [0, 0.05) is 0 Å². The van der Waals surface area contributed by atoms with E-state index in [1.165, 1.54) is 218 Å². The van der Waals surface area contributed by atoms with Crippen LogP contribution in [0.2, 0.25) is 0 Å². The van der Waals surface area contributed by atoms with E-state index in [-0.39, 0.29) is 0 Å². The average molecular weight is 1370 g/mol. The van der Waals surface area contributed by atoms with Gasteiger partial charge < -0.3 is 0 Å². The van der Waals surface area contributed by atoms with Crippen molar-refractivity contribution in [1.29, 1.82) is 0 Å². The Morgan fingerprint density at radius 2 is 0.352 bits per heavy atom. The van der Waals surface area contributed by atoms with Crippen molar-refractivity contribution in [3.63, 3.8) is 0 Å². The predicted octanol–water partition coefficient (Wildman–Crippen LogP) is 30.5. The maximum absolute atomic E-state index is 2.40. The smallest absolute Gasteiger partial charge is 0.00199 e. The first-order valence-electron chi connectivity index (χ1n) is 37.5. The molecule has 0 heteroatoms. The highest BCUT2D eigenvalue weighted by Gasteiger charge is 2.23. The Morgan fingerprint density at radius 3 is 0.778 bits per heavy atom. The van der Waals surface area contributed by atoms with Gasteiger partial charge in [0.2, 0.25) is 0 Å². The topological polar surface area (TPSA) is 0 Å². The molecule has 0 saturated carbocycles. The predicted molar refractivity (Wildman–Crippen MR) is 466 cm³/mol. The second-order valence-electron chi connectivity index (χ2n) is 28.9. The molecule has 0 aliphatic rings. The SMILES string of the molecule is c1cc(-c2ccc3ccc(-c4c5ccccc5c(-c5cc6ccccc6c6ccccc56)c5ccccc45)cc3c2)cc(-c2cccc3ccccc23)c1.c1cc(-c2ccc3ccccc3c2)cc(-c2ccc3ccc(-c4c5ccccc5c(-c5cc6ccccc6c6ccccc56)c5ccccc45)cc3c2)c1. The summed E-state index contributed by atoms with van der Waals surface area (Å²) in [6, 6.07) is 152. The van der Waals surface area contributed by atoms with E-state index in [1.807, 2.05) is 0 Å². The Kier molecular flexibility index (Phi) is 15.0. The van der Waals surface area contributed by atoms with E-state index in [2.05, 4.69) is 413 Å². The van der Waals surface area contributed by atoms with Gasteiger partial charge in [-0.1, -0.05) is 358 Å². The molecule has 0 fully saturated rings. The van der Waals surface area contributed by atoms with Gasteiger partial charge >= 0.3 is 0 Å². The van der Waals surface area contributed by atoms with E-state index in [9.17, 15) is 0 Å². The minimum absolute atomic E-state index is 1.22. The zero-order chi connectivity index (χ0) is 71.2. The maximum Gasteiger partial charge on any atom is -0.00199 e. The molecule has 22 rings (SSSR count). The van der Waals surface area contributed by atoms with Crippen LogP contribution >= 0.6 is 0 Å². The van der Waals surface area contributed by atoms with Crippen molar-refractivity contribution < 1.29 is 0 Å². The Bertz CT molecular complexity index is 7310. The number of hydrogen-bond donors (Lipinski definition) is 0. The molecule has 0 atom stereocenters. The van der Waals surface area contributed by atoms with Crippen molar-refractivity contribution in [3.05, 3.63) is 413 Å². The van der Waals surface area contributed by atoms with Crippen molar-refractivity contribution in [2.24, 2.45) is 0 Å². The lowest BCUT2D eigenvalue weighted by Crippen LogP contribution is -1.92. The molecule has 500 valence electrons. The third kappa shape index (κ3) is 10.7. The van der Waals surface area contributed by atoms with Gasteiger partial charge in [0.1, 0.15) is 0 Å². The first-order valence-corrected chi connectivity index (χ1v) is 37.5. The molecule has 0 aliphatic carbocycles. The van der Waals surface area contributed by atoms with Crippen LogP contribution in [0.3, 0.4) is 0 Å². The maximum atomic E-state index is 2.40. The van der Waals surface area contributed by atoms with Crippen LogP contribution in [0.4, 0.5) is 0 Å². The van der Waals surface area contributed by atoms with Crippen LogP contribution in [-0.2, 0) is 0 Å². The zero-order valence-electron chi connectivity index (χ0n) is 59.3. The van der Waals surface area contributed by atoms with Crippen molar-refractivity contribution in [2.75, 3.05) is 0 Å². The van der Waals surface area contributed by atoms with Crippen LogP contribution in [0.25, 0.3) is 218 Å². The van der Waals surface area contributed by atoms with E-state index in [0.717, 1.165) is 0 Å². The molecule has 22 aromatic rings. The molecule has 0 N–H and O–H groups in total. The summed E-state index contributed by atoms with van der Waals surface area (Å²) in [7, 11) is 0. The van der Waals surface area contributed by atoms with Gasteiger partial charge in [0.25, 0.3) is 0 Å². The molecule has 0 nitrogen and oxygen atoms in total. The van der Waals surface area contributed by atoms with Gasteiger partial charge in [-0.25, -0.2) is 0 Å². The second kappa shape index (κ2) is 26.0. The Balaban J connectivity index is 0.000000138. The molecule has 0 aliphatic heterocycles. The minimum Gasteiger partial charge on any atom is -0.0616 e. The fourth-order valence-corrected chi connectivity index (χ4v) is 17.7. The third-order valence-corrected chi connectivity index (χ3v) is 22.8. The summed E-state index contributed by atoms with van der Waals surface area (Å²) >= 11 is 0. The van der Waals surface area contributed by atoms with E-state index in [4.69, 9.17) is 0 Å². The lowest BCUT2D eigenvalue weighted by molar-refractivity contribution is 1.61. The van der Waals surface area contributed by atoms with Gasteiger partial charge in [0.05, 0.1) is 0 Å². The van der Waals surface area contributed by atoms with Gasteiger partial charge in [-0.15, -0.1) is 0 Å². The fraction of sp³-hybridized carbons (Fsp3) is 0. The molecular weight excluding hydrogens is 1300 g/mol. The molecule has 0 heterocycles. The molecule has 0 radical (unpaired) electrons. The highest BCUT2D eigenvalue weighted by atomic mass is 14.3. The van der Waals surface area contributed by atoms with Gasteiger partial charge in [-0.05, 0) is 273 Å². The zero-order valence-corrected chi connectivity index (χ0v) is 59.3. The first kappa shape index (κ1) is 62.5. The van der Waals surface area contributed by atoms with E-state index >= 15 is 0 Å². The van der Waals surface area contributed by atoms with Gasteiger partial charge in [-0.2, -0.15) is 0 Å². The second-order valence-corrected chi connectivity index (χ2v) is 28.9. The summed E-state index contributed by atoms with van der Waals surface area (Å²) < 4.78 is 0. The van der Waals surface area contributed by atoms with Crippen LogP contribution < -0.4 is 0 Å². The van der Waals surface area contributed by atoms with Crippen molar-refractivity contribution in [3.8, 4) is 89.0 Å². The lowest BCUT2D eigenvalue weighted by atomic mass is 9.83. The molecule has 0 amide bonds. The summed E-state index contributed by atoms with van der Waals surface area (Å²) in [5, 5.41) is 30.4. The monoisotopic (exact) mass is 1360 g/mol. The normalized spacial score (nSPS) is 11.7. The van der Waals surface area contributed by atoms with Crippen LogP contribution in [0.15, 0.2) is 413 Å². The van der Waals surface area contributed by atoms with Crippen LogP contribution in [0.1, 0.15) is 0 Å². The molecular formula is C108H68. The van der Waals surface area contributed by atoms with Crippen LogP contribution in [0.5, 0.6) is 0 Å². The molecule has 0 bridgehead atoms. The molecule has 0 spiro atoms. The Hall–Kier alpha value is -14.0. The van der Waals surface area contributed by atoms with Crippen molar-refractivity contribution >= 4 is 129 Å². The molecule has 108 heavy (non-hydrogen) atoms. The van der Waals surface area contributed by atoms with Gasteiger partial charge in [-0.3, -0.25) is 0 Å². The lowest BCUT2D eigenvalue weighted by Gasteiger charge is -2.20. The van der Waals surface area contributed by atoms with E-state index in [1.54, 1.807) is 0 Å². The quantitative estimate of drug-likeness (QED) is 0.105. The third-order valence-electron chi connectivity index (χ3n) is 22.8. The van der Waals surface area contributed by atoms with Crippen molar-refractivity contribution in [1.82, 2.24) is 0 Å². The number of fused-ring (bicyclic) bond motifs is 14. The first-order chi connectivity index (χ1) is 53.5. The molecule has 0 saturated heterocycles. The van der Waals surface area contributed by atoms with Crippen LogP contribution in [-0.4, -0.2) is 0 Å². The molecule has 22 aromatic carbocycles. The molecule has 0 unspecified atom stereocenters. The highest BCUT2D eigenvalue weighted by molar-refractivity contribution is 6.28. The van der Waals surface area contributed by atoms with E-state index < -0.39 is 0 Å². The summed E-state index contributed by atoms with van der Waals surface area (Å²) in [4.78, 5) is 0. The number of benzene rings is 22. The highest BCUT2D eigenvalue weighted by Crippen LogP contribution is 2.50. The summed E-state index contributed by atoms with van der Waals surface area (Å²) in [6.45, 7) is 0. The number of rotatable bonds is 8. The standard InChI is InChI=1S/2C54H34/c1-3-18-43-36(13-1)15-12-26-44(43)39-17-11-16-37(31-39)38-29-27-35-28-30-41(33-42(35)32-38)53-48-22-7-9-24-50(48)54(51-25-10-8-23-49(51)53)52-34-40-14-2-4-19-45(40)46-20-5-6-21-47(46)52;1-2-13-37-30-40(27-24-35(37)12-1)38-15-11-16-39(31-38)41-28-25-36-26-29-43(33-44(36)32-41)53-48-20-7-9-22-50(48)54(51-23-10-8-21-49(51)53)52-34-42-14-3-4-17-45(42)46-18-5-6-19-47(46)52/h2*1-34H. The Morgan fingerprint density at radius 1 is 0.0926 bits per heavy atom. The summed E-state index contributed by atoms with van der Waals surface area (Å²) in [6.07, 6.45) is 0. The fourth-order valence-electron chi connectivity index (χ4n) is 17.7. The molecule has 0 aromatic heterocycles. The number of hydrogen-bond acceptors (Lipinski definition) is 0.